The maximum atomic E-state index is 12.8. The van der Waals surface area contributed by atoms with Gasteiger partial charge in [-0.15, -0.1) is 0 Å². The molecule has 3 heterocycles. The molecule has 2 fully saturated rings. The third-order valence-electron chi connectivity index (χ3n) is 8.21. The summed E-state index contributed by atoms with van der Waals surface area (Å²) in [5.74, 6) is 1.37. The van der Waals surface area contributed by atoms with Crippen molar-refractivity contribution in [2.75, 3.05) is 69.2 Å². The van der Waals surface area contributed by atoms with Crippen molar-refractivity contribution >= 4 is 64.5 Å². The van der Waals surface area contributed by atoms with Crippen LogP contribution in [0.15, 0.2) is 42.6 Å². The van der Waals surface area contributed by atoms with Gasteiger partial charge >= 0.3 is 0 Å². The highest BCUT2D eigenvalue weighted by atomic mass is 35.5. The summed E-state index contributed by atoms with van der Waals surface area (Å²) in [5.41, 5.74) is 2.78. The third kappa shape index (κ3) is 6.36. The van der Waals surface area contributed by atoms with Crippen LogP contribution in [0.25, 0.3) is 0 Å². The molecule has 40 heavy (non-hydrogen) atoms. The summed E-state index contributed by atoms with van der Waals surface area (Å²) in [7, 11) is 1.33. The van der Waals surface area contributed by atoms with Crippen molar-refractivity contribution in [1.82, 2.24) is 14.9 Å². The van der Waals surface area contributed by atoms with E-state index in [0.29, 0.717) is 44.4 Å². The molecular formula is C29H37Cl2N6O2P. The van der Waals surface area contributed by atoms with Gasteiger partial charge in [-0.25, -0.2) is 4.98 Å². The quantitative estimate of drug-likeness (QED) is 0.284. The molecule has 1 spiro atoms. The molecule has 2 saturated heterocycles. The molecule has 0 amide bonds. The van der Waals surface area contributed by atoms with Crippen LogP contribution in [0, 0.1) is 5.41 Å². The number of ether oxygens (including phenoxy) is 1. The molecule has 11 heteroatoms. The van der Waals surface area contributed by atoms with Gasteiger partial charge in [0.05, 0.1) is 35.4 Å². The van der Waals surface area contributed by atoms with E-state index in [1.165, 1.54) is 45.0 Å². The molecule has 214 valence electrons. The first-order valence-electron chi connectivity index (χ1n) is 13.6. The second kappa shape index (κ2) is 11.8. The molecule has 3 aromatic rings. The number of benzene rings is 2. The summed E-state index contributed by atoms with van der Waals surface area (Å²) in [6, 6.07) is 11.3. The number of halogens is 2. The molecule has 0 atom stereocenters. The molecule has 5 rings (SSSR count). The third-order valence-corrected chi connectivity index (χ3v) is 10.3. The van der Waals surface area contributed by atoms with E-state index in [-0.39, 0.29) is 0 Å². The van der Waals surface area contributed by atoms with Gasteiger partial charge in [0.1, 0.15) is 17.9 Å². The normalized spacial score (nSPS) is 17.6. The van der Waals surface area contributed by atoms with Gasteiger partial charge in [-0.3, -0.25) is 0 Å². The molecule has 0 aliphatic carbocycles. The zero-order valence-corrected chi connectivity index (χ0v) is 25.9. The van der Waals surface area contributed by atoms with Crippen LogP contribution < -0.4 is 25.6 Å². The fourth-order valence-electron chi connectivity index (χ4n) is 5.68. The SMILES string of the molecule is COc1cc(N2CCC3(CCN(C)CC3)CC2)c(Cl)cc1Nc1ncc(Cl)c(Nc2ccccc2P(C)(C)=O)n1. The molecule has 0 saturated carbocycles. The molecule has 0 bridgehead atoms. The fraction of sp³-hybridized carbons (Fsp3) is 0.448. The van der Waals surface area contributed by atoms with Crippen LogP contribution in [-0.4, -0.2) is 68.5 Å². The molecular weight excluding hydrogens is 566 g/mol. The zero-order chi connectivity index (χ0) is 28.5. The number of nitrogens with one attached hydrogen (secondary N) is 2. The Labute approximate surface area is 246 Å². The van der Waals surface area contributed by atoms with Crippen molar-refractivity contribution in [2.24, 2.45) is 5.41 Å². The summed E-state index contributed by atoms with van der Waals surface area (Å²) >= 11 is 13.3. The number of para-hydroxylation sites is 1. The van der Waals surface area contributed by atoms with Crippen LogP contribution in [-0.2, 0) is 4.57 Å². The van der Waals surface area contributed by atoms with Gasteiger partial charge in [0, 0.05) is 24.5 Å². The Morgan fingerprint density at radius 2 is 1.62 bits per heavy atom. The average molecular weight is 604 g/mol. The lowest BCUT2D eigenvalue weighted by atomic mass is 9.71. The number of hydrogen-bond acceptors (Lipinski definition) is 8. The van der Waals surface area contributed by atoms with Gasteiger partial charge in [-0.2, -0.15) is 4.98 Å². The number of likely N-dealkylation sites (tertiary alicyclic amines) is 1. The number of nitrogens with zero attached hydrogens (tertiary/aromatic N) is 4. The first-order chi connectivity index (χ1) is 19.1. The van der Waals surface area contributed by atoms with Gasteiger partial charge in [0.25, 0.3) is 0 Å². The van der Waals surface area contributed by atoms with E-state index >= 15 is 0 Å². The first kappa shape index (κ1) is 29.0. The highest BCUT2D eigenvalue weighted by molar-refractivity contribution is 7.70. The van der Waals surface area contributed by atoms with Crippen molar-refractivity contribution in [3.8, 4) is 5.75 Å². The van der Waals surface area contributed by atoms with E-state index in [1.807, 2.05) is 36.4 Å². The monoisotopic (exact) mass is 602 g/mol. The second-order valence-corrected chi connectivity index (χ2v) is 15.3. The van der Waals surface area contributed by atoms with Crippen molar-refractivity contribution in [1.29, 1.82) is 0 Å². The van der Waals surface area contributed by atoms with Gasteiger partial charge in [0.15, 0.2) is 5.82 Å². The molecule has 0 radical (unpaired) electrons. The van der Waals surface area contributed by atoms with Crippen LogP contribution in [0.1, 0.15) is 25.7 Å². The van der Waals surface area contributed by atoms with E-state index in [0.717, 1.165) is 24.1 Å². The molecule has 2 aliphatic heterocycles. The lowest BCUT2D eigenvalue weighted by Gasteiger charge is -2.47. The Kier molecular flexibility index (Phi) is 8.53. The molecule has 2 N–H and O–H groups in total. The predicted octanol–water partition coefficient (Wildman–Crippen LogP) is 6.84. The lowest BCUT2D eigenvalue weighted by Crippen LogP contribution is -2.46. The zero-order valence-electron chi connectivity index (χ0n) is 23.5. The van der Waals surface area contributed by atoms with E-state index in [9.17, 15) is 4.57 Å². The largest absolute Gasteiger partial charge is 0.494 e. The van der Waals surface area contributed by atoms with Crippen molar-refractivity contribution in [3.05, 3.63) is 52.6 Å². The van der Waals surface area contributed by atoms with Gasteiger partial charge in [-0.05, 0) is 82.8 Å². The minimum Gasteiger partial charge on any atom is -0.494 e. The lowest BCUT2D eigenvalue weighted by molar-refractivity contribution is 0.0945. The highest BCUT2D eigenvalue weighted by Crippen LogP contribution is 2.45. The van der Waals surface area contributed by atoms with Crippen molar-refractivity contribution < 1.29 is 9.30 Å². The minimum absolute atomic E-state index is 0.324. The van der Waals surface area contributed by atoms with Crippen LogP contribution in [0.4, 0.5) is 28.8 Å². The molecule has 1 aromatic heterocycles. The van der Waals surface area contributed by atoms with Gasteiger partial charge in [0.2, 0.25) is 5.95 Å². The predicted molar refractivity (Wildman–Crippen MR) is 168 cm³/mol. The van der Waals surface area contributed by atoms with E-state index in [1.54, 1.807) is 20.4 Å². The topological polar surface area (TPSA) is 82.6 Å². The molecule has 2 aromatic carbocycles. The maximum absolute atomic E-state index is 12.8. The average Bonchev–Trinajstić information content (AvgIpc) is 2.93. The van der Waals surface area contributed by atoms with E-state index in [4.69, 9.17) is 27.9 Å². The summed E-state index contributed by atoms with van der Waals surface area (Å²) in [6.07, 6.45) is 6.44. The maximum Gasteiger partial charge on any atom is 0.229 e. The number of anilines is 5. The van der Waals surface area contributed by atoms with E-state index < -0.39 is 7.14 Å². The van der Waals surface area contributed by atoms with Crippen LogP contribution in [0.3, 0.4) is 0 Å². The first-order valence-corrected chi connectivity index (χ1v) is 16.9. The highest BCUT2D eigenvalue weighted by Gasteiger charge is 2.37. The van der Waals surface area contributed by atoms with Crippen molar-refractivity contribution in [2.45, 2.75) is 25.7 Å². The van der Waals surface area contributed by atoms with Crippen LogP contribution in [0.5, 0.6) is 5.75 Å². The number of hydrogen-bond donors (Lipinski definition) is 2. The van der Waals surface area contributed by atoms with Crippen LogP contribution >= 0.6 is 30.3 Å². The smallest absolute Gasteiger partial charge is 0.229 e. The summed E-state index contributed by atoms with van der Waals surface area (Å²) in [6.45, 7) is 7.81. The molecule has 0 unspecified atom stereocenters. The Bertz CT molecular complexity index is 1410. The number of rotatable bonds is 7. The summed E-state index contributed by atoms with van der Waals surface area (Å²) in [5, 5.41) is 8.18. The molecule has 2 aliphatic rings. The number of piperidine rings is 2. The van der Waals surface area contributed by atoms with Gasteiger partial charge < -0.3 is 29.7 Å². The Hall–Kier alpha value is -2.51. The number of methoxy groups -OCH3 is 1. The second-order valence-electron chi connectivity index (χ2n) is 11.3. The summed E-state index contributed by atoms with van der Waals surface area (Å²) < 4.78 is 18.6. The fourth-order valence-corrected chi connectivity index (χ4v) is 7.26. The minimum atomic E-state index is -2.52. The summed E-state index contributed by atoms with van der Waals surface area (Å²) in [4.78, 5) is 13.8. The van der Waals surface area contributed by atoms with E-state index in [2.05, 4.69) is 37.4 Å². The van der Waals surface area contributed by atoms with Crippen LogP contribution in [0.2, 0.25) is 10.0 Å². The van der Waals surface area contributed by atoms with Crippen molar-refractivity contribution in [3.63, 3.8) is 0 Å². The molecule has 8 nitrogen and oxygen atoms in total. The Morgan fingerprint density at radius 3 is 2.30 bits per heavy atom. The number of aromatic nitrogens is 2. The standard InChI is InChI=1S/C29H37Cl2N6O2P/c1-36-13-9-29(10-14-36)11-15-37(16-12-29)24-18-25(39-2)23(17-20(24)30)34-28-32-19-21(31)27(35-28)33-22-7-5-6-8-26(22)40(3,4)38/h5-8,17-19H,9-16H2,1-4H3,(H2,32,33,34,35). The Morgan fingerprint density at radius 1 is 0.950 bits per heavy atom. The Balaban J connectivity index is 1.34. The van der Waals surface area contributed by atoms with Gasteiger partial charge in [-0.1, -0.05) is 35.3 Å².